The van der Waals surface area contributed by atoms with E-state index < -0.39 is 0 Å². The SMILES string of the molecule is C/C=C\c1ccc2c(sc3ccc(-c4cccc(-c5cccc(N(c6ccccc6)c6ccccc6)c5)c4)cc32)c1C. The molecule has 6 aromatic carbocycles. The van der Waals surface area contributed by atoms with Crippen LogP contribution in [0.2, 0.25) is 0 Å². The standard InChI is InChI=1S/C40H31NS/c1-3-12-29-21-23-37-38-27-33(22-24-39(38)42-40(37)28(29)2)31-14-10-13-30(25-31)32-15-11-20-36(26-32)41(34-16-6-4-7-17-34)35-18-8-5-9-19-35/h3-27H,1-2H3/b12-3-. The molecular weight excluding hydrogens is 527 g/mol. The minimum atomic E-state index is 1.13. The molecule has 0 fully saturated rings. The number of benzene rings is 6. The Morgan fingerprint density at radius 2 is 1.12 bits per heavy atom. The van der Waals surface area contributed by atoms with Crippen LogP contribution in [-0.4, -0.2) is 0 Å². The molecule has 2 heteroatoms. The van der Waals surface area contributed by atoms with Crippen LogP contribution in [0.15, 0.2) is 146 Å². The van der Waals surface area contributed by atoms with E-state index in [1.165, 1.54) is 53.6 Å². The molecule has 0 saturated heterocycles. The van der Waals surface area contributed by atoms with E-state index in [4.69, 9.17) is 0 Å². The van der Waals surface area contributed by atoms with Gasteiger partial charge >= 0.3 is 0 Å². The molecule has 202 valence electrons. The van der Waals surface area contributed by atoms with E-state index in [9.17, 15) is 0 Å². The van der Waals surface area contributed by atoms with Crippen LogP contribution >= 0.6 is 11.3 Å². The van der Waals surface area contributed by atoms with Gasteiger partial charge in [0, 0.05) is 37.2 Å². The Labute approximate surface area is 251 Å². The van der Waals surface area contributed by atoms with Crippen LogP contribution in [-0.2, 0) is 0 Å². The summed E-state index contributed by atoms with van der Waals surface area (Å²) in [5.74, 6) is 0. The molecule has 1 nitrogen and oxygen atoms in total. The normalized spacial score (nSPS) is 11.5. The van der Waals surface area contributed by atoms with E-state index in [1.54, 1.807) is 0 Å². The Balaban J connectivity index is 1.28. The number of fused-ring (bicyclic) bond motifs is 3. The van der Waals surface area contributed by atoms with Crippen LogP contribution in [0.25, 0.3) is 48.5 Å². The molecule has 0 amide bonds. The van der Waals surface area contributed by atoms with Crippen molar-refractivity contribution in [3.05, 3.63) is 157 Å². The van der Waals surface area contributed by atoms with Gasteiger partial charge in [0.1, 0.15) is 0 Å². The molecule has 7 aromatic rings. The molecule has 0 N–H and O–H groups in total. The van der Waals surface area contributed by atoms with Gasteiger partial charge in [0.25, 0.3) is 0 Å². The highest BCUT2D eigenvalue weighted by Crippen LogP contribution is 2.40. The highest BCUT2D eigenvalue weighted by Gasteiger charge is 2.14. The fraction of sp³-hybridized carbons (Fsp3) is 0.0500. The largest absolute Gasteiger partial charge is 0.310 e. The Hall–Kier alpha value is -4.92. The van der Waals surface area contributed by atoms with Crippen LogP contribution in [0.4, 0.5) is 17.1 Å². The van der Waals surface area contributed by atoms with Crippen LogP contribution in [0.3, 0.4) is 0 Å². The molecule has 1 aromatic heterocycles. The second-order valence-electron chi connectivity index (χ2n) is 10.6. The number of aryl methyl sites for hydroxylation is 1. The molecule has 0 atom stereocenters. The Kier molecular flexibility index (Phi) is 6.91. The second kappa shape index (κ2) is 11.2. The van der Waals surface area contributed by atoms with Gasteiger partial charge in [-0.1, -0.05) is 97.1 Å². The number of anilines is 3. The molecule has 7 rings (SSSR count). The van der Waals surface area contributed by atoms with Crippen molar-refractivity contribution in [1.82, 2.24) is 0 Å². The number of hydrogen-bond acceptors (Lipinski definition) is 2. The average molecular weight is 558 g/mol. The zero-order chi connectivity index (χ0) is 28.5. The van der Waals surface area contributed by atoms with Crippen molar-refractivity contribution in [2.24, 2.45) is 0 Å². The van der Waals surface area contributed by atoms with Crippen molar-refractivity contribution >= 4 is 54.6 Å². The fourth-order valence-electron chi connectivity index (χ4n) is 5.83. The Morgan fingerprint density at radius 1 is 0.524 bits per heavy atom. The lowest BCUT2D eigenvalue weighted by atomic mass is 9.97. The zero-order valence-corrected chi connectivity index (χ0v) is 24.6. The van der Waals surface area contributed by atoms with Crippen molar-refractivity contribution in [3.63, 3.8) is 0 Å². The monoisotopic (exact) mass is 557 g/mol. The highest BCUT2D eigenvalue weighted by atomic mass is 32.1. The topological polar surface area (TPSA) is 3.24 Å². The van der Waals surface area contributed by atoms with Gasteiger partial charge in [0.05, 0.1) is 0 Å². The van der Waals surface area contributed by atoms with E-state index in [2.05, 4.69) is 170 Å². The summed E-state index contributed by atoms with van der Waals surface area (Å²) in [6, 6.07) is 50.4. The predicted octanol–water partition coefficient (Wildman–Crippen LogP) is 12.2. The molecule has 0 radical (unpaired) electrons. The minimum Gasteiger partial charge on any atom is -0.310 e. The van der Waals surface area contributed by atoms with Crippen molar-refractivity contribution in [1.29, 1.82) is 0 Å². The summed E-state index contributed by atoms with van der Waals surface area (Å²) in [7, 11) is 0. The van der Waals surface area contributed by atoms with E-state index in [1.807, 2.05) is 11.3 Å². The maximum atomic E-state index is 2.37. The van der Waals surface area contributed by atoms with Crippen molar-refractivity contribution in [3.8, 4) is 22.3 Å². The minimum absolute atomic E-state index is 1.13. The molecule has 0 aliphatic rings. The average Bonchev–Trinajstić information content (AvgIpc) is 3.43. The number of nitrogens with zero attached hydrogens (tertiary/aromatic N) is 1. The maximum absolute atomic E-state index is 2.37. The second-order valence-corrected chi connectivity index (χ2v) is 11.7. The number of rotatable bonds is 6. The molecule has 1 heterocycles. The third-order valence-corrected chi connectivity index (χ3v) is 9.24. The third-order valence-electron chi connectivity index (χ3n) is 7.94. The smallest absolute Gasteiger partial charge is 0.0467 e. The van der Waals surface area contributed by atoms with Gasteiger partial charge in [-0.2, -0.15) is 0 Å². The molecule has 0 bridgehead atoms. The lowest BCUT2D eigenvalue weighted by molar-refractivity contribution is 1.28. The van der Waals surface area contributed by atoms with Gasteiger partial charge < -0.3 is 4.90 Å². The molecule has 0 unspecified atom stereocenters. The summed E-state index contributed by atoms with van der Waals surface area (Å²) in [6.45, 7) is 4.32. The first-order valence-electron chi connectivity index (χ1n) is 14.4. The first-order valence-corrected chi connectivity index (χ1v) is 15.2. The third kappa shape index (κ3) is 4.81. The van der Waals surface area contributed by atoms with Crippen LogP contribution < -0.4 is 4.90 Å². The lowest BCUT2D eigenvalue weighted by Gasteiger charge is -2.26. The molecule has 42 heavy (non-hydrogen) atoms. The molecule has 0 aliphatic heterocycles. The molecule has 0 spiro atoms. The molecule has 0 saturated carbocycles. The van der Waals surface area contributed by atoms with Gasteiger partial charge in [-0.05, 0) is 102 Å². The van der Waals surface area contributed by atoms with Gasteiger partial charge in [0.2, 0.25) is 0 Å². The quantitative estimate of drug-likeness (QED) is 0.196. The number of hydrogen-bond donors (Lipinski definition) is 0. The summed E-state index contributed by atoms with van der Waals surface area (Å²) in [5, 5.41) is 2.67. The van der Waals surface area contributed by atoms with E-state index >= 15 is 0 Å². The Bertz CT molecular complexity index is 2010. The first kappa shape index (κ1) is 26.0. The van der Waals surface area contributed by atoms with Crippen molar-refractivity contribution in [2.75, 3.05) is 4.90 Å². The summed E-state index contributed by atoms with van der Waals surface area (Å²) >= 11 is 1.89. The van der Waals surface area contributed by atoms with E-state index in [0.29, 0.717) is 0 Å². The maximum Gasteiger partial charge on any atom is 0.0467 e. The van der Waals surface area contributed by atoms with Gasteiger partial charge in [-0.15, -0.1) is 11.3 Å². The van der Waals surface area contributed by atoms with Crippen molar-refractivity contribution < 1.29 is 0 Å². The predicted molar refractivity (Wildman–Crippen MR) is 184 cm³/mol. The van der Waals surface area contributed by atoms with Gasteiger partial charge in [0.15, 0.2) is 0 Å². The van der Waals surface area contributed by atoms with E-state index in [-0.39, 0.29) is 0 Å². The highest BCUT2D eigenvalue weighted by molar-refractivity contribution is 7.26. The molecule has 0 aliphatic carbocycles. The fourth-order valence-corrected chi connectivity index (χ4v) is 7.03. The first-order chi connectivity index (χ1) is 20.7. The van der Waals surface area contributed by atoms with E-state index in [0.717, 1.165) is 17.1 Å². The van der Waals surface area contributed by atoms with Gasteiger partial charge in [-0.3, -0.25) is 0 Å². The number of para-hydroxylation sites is 2. The number of allylic oxidation sites excluding steroid dienone is 1. The van der Waals surface area contributed by atoms with Gasteiger partial charge in [-0.25, -0.2) is 0 Å². The molecular formula is C40H31NS. The summed E-state index contributed by atoms with van der Waals surface area (Å²) in [6.07, 6.45) is 4.31. The van der Waals surface area contributed by atoms with Crippen LogP contribution in [0.5, 0.6) is 0 Å². The van der Waals surface area contributed by atoms with Crippen LogP contribution in [0, 0.1) is 6.92 Å². The number of thiophene rings is 1. The Morgan fingerprint density at radius 3 is 1.79 bits per heavy atom. The summed E-state index contributed by atoms with van der Waals surface area (Å²) in [5.41, 5.74) is 10.9. The lowest BCUT2D eigenvalue weighted by Crippen LogP contribution is -2.09. The summed E-state index contributed by atoms with van der Waals surface area (Å²) < 4.78 is 2.71. The van der Waals surface area contributed by atoms with Crippen molar-refractivity contribution in [2.45, 2.75) is 13.8 Å². The zero-order valence-electron chi connectivity index (χ0n) is 23.8. The summed E-state index contributed by atoms with van der Waals surface area (Å²) in [4.78, 5) is 2.31. The van der Waals surface area contributed by atoms with Crippen LogP contribution in [0.1, 0.15) is 18.1 Å².